The van der Waals surface area contributed by atoms with E-state index < -0.39 is 5.60 Å². The Morgan fingerprint density at radius 1 is 1.19 bits per heavy atom. The summed E-state index contributed by atoms with van der Waals surface area (Å²) in [6.07, 6.45) is 6.56. The van der Waals surface area contributed by atoms with Crippen molar-refractivity contribution >= 4 is 22.8 Å². The zero-order valence-corrected chi connectivity index (χ0v) is 21.7. The second-order valence-corrected chi connectivity index (χ2v) is 10.1. The third-order valence-corrected chi connectivity index (χ3v) is 6.29. The third-order valence-electron chi connectivity index (χ3n) is 6.29. The molecule has 1 aliphatic heterocycles. The SMILES string of the molecule is COc1cncc(-c2nc3c(c(NCCc4c[nH]c5ccccc45)n2)CCN(C(=O)OC(C)(C)C)C3)c1. The van der Waals surface area contributed by atoms with Crippen LogP contribution in [0, 0.1) is 0 Å². The van der Waals surface area contributed by atoms with Gasteiger partial charge in [0.25, 0.3) is 0 Å². The van der Waals surface area contributed by atoms with E-state index in [1.165, 1.54) is 10.9 Å². The van der Waals surface area contributed by atoms with E-state index in [9.17, 15) is 4.79 Å². The second kappa shape index (κ2) is 10.1. The topological polar surface area (TPSA) is 105 Å². The molecule has 0 bridgehead atoms. The Morgan fingerprint density at radius 3 is 2.84 bits per heavy atom. The minimum atomic E-state index is -0.560. The number of H-pyrrole nitrogens is 1. The van der Waals surface area contributed by atoms with E-state index in [1.807, 2.05) is 32.9 Å². The Hall–Kier alpha value is -4.14. The van der Waals surface area contributed by atoms with Gasteiger partial charge in [-0.1, -0.05) is 18.2 Å². The summed E-state index contributed by atoms with van der Waals surface area (Å²) in [7, 11) is 1.60. The quantitative estimate of drug-likeness (QED) is 0.385. The summed E-state index contributed by atoms with van der Waals surface area (Å²) in [4.78, 5) is 31.8. The molecule has 5 rings (SSSR count). The molecule has 0 unspecified atom stereocenters. The first-order chi connectivity index (χ1) is 17.8. The van der Waals surface area contributed by atoms with Gasteiger partial charge in [-0.05, 0) is 51.3 Å². The number of para-hydroxylation sites is 1. The van der Waals surface area contributed by atoms with E-state index in [1.54, 1.807) is 24.4 Å². The van der Waals surface area contributed by atoms with Gasteiger partial charge in [0.05, 0.1) is 25.5 Å². The van der Waals surface area contributed by atoms with Gasteiger partial charge in [0.2, 0.25) is 0 Å². The molecule has 1 amide bonds. The summed E-state index contributed by atoms with van der Waals surface area (Å²) in [6, 6.07) is 10.2. The maximum Gasteiger partial charge on any atom is 0.410 e. The third kappa shape index (κ3) is 5.50. The lowest BCUT2D eigenvalue weighted by atomic mass is 10.0. The first-order valence-electron chi connectivity index (χ1n) is 12.5. The first-order valence-corrected chi connectivity index (χ1v) is 12.5. The fraction of sp³-hybridized carbons (Fsp3) is 0.357. The van der Waals surface area contributed by atoms with Gasteiger partial charge in [0.15, 0.2) is 5.82 Å². The molecule has 4 aromatic rings. The van der Waals surface area contributed by atoms with Gasteiger partial charge in [-0.2, -0.15) is 0 Å². The van der Waals surface area contributed by atoms with Crippen LogP contribution in [0.4, 0.5) is 10.6 Å². The number of benzene rings is 1. The van der Waals surface area contributed by atoms with Crippen LogP contribution in [0.3, 0.4) is 0 Å². The lowest BCUT2D eigenvalue weighted by Gasteiger charge is -2.31. The van der Waals surface area contributed by atoms with Crippen molar-refractivity contribution in [3.63, 3.8) is 0 Å². The van der Waals surface area contributed by atoms with Crippen LogP contribution in [0.2, 0.25) is 0 Å². The van der Waals surface area contributed by atoms with Crippen molar-refractivity contribution in [2.45, 2.75) is 45.8 Å². The van der Waals surface area contributed by atoms with Crippen LogP contribution in [0.25, 0.3) is 22.3 Å². The van der Waals surface area contributed by atoms with E-state index in [0.29, 0.717) is 37.6 Å². The van der Waals surface area contributed by atoms with E-state index in [4.69, 9.17) is 19.4 Å². The Balaban J connectivity index is 1.42. The molecule has 9 nitrogen and oxygen atoms in total. The van der Waals surface area contributed by atoms with Gasteiger partial charge >= 0.3 is 6.09 Å². The van der Waals surface area contributed by atoms with Crippen molar-refractivity contribution in [3.05, 3.63) is 65.7 Å². The standard InChI is InChI=1S/C28H32N6O3/c1-28(2,3)37-27(35)34-12-10-22-24(17-34)32-25(19-13-20(36-4)16-29-14-19)33-26(22)30-11-9-18-15-31-23-8-6-5-7-21(18)23/h5-8,13-16,31H,9-12,17H2,1-4H3,(H,30,32,33). The largest absolute Gasteiger partial charge is 0.495 e. The average Bonchev–Trinajstić information content (AvgIpc) is 3.30. The molecular weight excluding hydrogens is 468 g/mol. The van der Waals surface area contributed by atoms with Crippen LogP contribution in [-0.2, 0) is 24.1 Å². The Morgan fingerprint density at radius 2 is 2.03 bits per heavy atom. The molecule has 192 valence electrons. The van der Waals surface area contributed by atoms with E-state index in [2.05, 4.69) is 39.7 Å². The minimum absolute atomic E-state index is 0.338. The number of rotatable bonds is 6. The highest BCUT2D eigenvalue weighted by molar-refractivity contribution is 5.83. The van der Waals surface area contributed by atoms with E-state index >= 15 is 0 Å². The number of carbonyl (C=O) groups excluding carboxylic acids is 1. The normalized spacial score (nSPS) is 13.4. The summed E-state index contributed by atoms with van der Waals surface area (Å²) in [5.41, 5.74) is 4.40. The molecule has 0 fully saturated rings. The molecule has 1 aliphatic rings. The molecule has 0 saturated heterocycles. The van der Waals surface area contributed by atoms with Crippen LogP contribution in [0.1, 0.15) is 37.6 Å². The maximum absolute atomic E-state index is 12.8. The van der Waals surface area contributed by atoms with Crippen LogP contribution in [-0.4, -0.2) is 56.7 Å². The van der Waals surface area contributed by atoms with E-state index in [-0.39, 0.29) is 6.09 Å². The predicted octanol–water partition coefficient (Wildman–Crippen LogP) is 4.98. The fourth-order valence-electron chi connectivity index (χ4n) is 4.49. The average molecular weight is 501 g/mol. The lowest BCUT2D eigenvalue weighted by Crippen LogP contribution is -2.40. The zero-order chi connectivity index (χ0) is 26.0. The molecular formula is C28H32N6O3. The van der Waals surface area contributed by atoms with Crippen molar-refractivity contribution in [1.82, 2.24) is 24.8 Å². The Kier molecular flexibility index (Phi) is 6.69. The van der Waals surface area contributed by atoms with Crippen molar-refractivity contribution in [2.75, 3.05) is 25.5 Å². The highest BCUT2D eigenvalue weighted by atomic mass is 16.6. The van der Waals surface area contributed by atoms with Crippen molar-refractivity contribution in [2.24, 2.45) is 0 Å². The Bertz CT molecular complexity index is 1430. The summed E-state index contributed by atoms with van der Waals surface area (Å²) in [6.45, 7) is 7.21. The number of methoxy groups -OCH3 is 1. The molecule has 1 aromatic carbocycles. The number of fused-ring (bicyclic) bond motifs is 2. The zero-order valence-electron chi connectivity index (χ0n) is 21.7. The number of aromatic amines is 1. The minimum Gasteiger partial charge on any atom is -0.495 e. The number of hydrogen-bond acceptors (Lipinski definition) is 7. The number of carbonyl (C=O) groups is 1. The van der Waals surface area contributed by atoms with Gasteiger partial charge in [0, 0.05) is 47.5 Å². The predicted molar refractivity (Wildman–Crippen MR) is 143 cm³/mol. The number of ether oxygens (including phenoxy) is 2. The molecule has 37 heavy (non-hydrogen) atoms. The molecule has 0 aliphatic carbocycles. The number of nitrogens with one attached hydrogen (secondary N) is 2. The number of pyridine rings is 1. The molecule has 0 radical (unpaired) electrons. The summed E-state index contributed by atoms with van der Waals surface area (Å²) in [5.74, 6) is 1.94. The highest BCUT2D eigenvalue weighted by Crippen LogP contribution is 2.29. The van der Waals surface area contributed by atoms with Gasteiger partial charge < -0.3 is 24.7 Å². The number of aromatic nitrogens is 4. The molecule has 3 aromatic heterocycles. The van der Waals surface area contributed by atoms with Crippen LogP contribution in [0.5, 0.6) is 5.75 Å². The molecule has 0 atom stereocenters. The second-order valence-electron chi connectivity index (χ2n) is 10.1. The summed E-state index contributed by atoms with van der Waals surface area (Å²) >= 11 is 0. The van der Waals surface area contributed by atoms with Gasteiger partial charge in [-0.15, -0.1) is 0 Å². The molecule has 9 heteroatoms. The van der Waals surface area contributed by atoms with Crippen LogP contribution >= 0.6 is 0 Å². The van der Waals surface area contributed by atoms with E-state index in [0.717, 1.165) is 34.6 Å². The molecule has 2 N–H and O–H groups in total. The monoisotopic (exact) mass is 500 g/mol. The van der Waals surface area contributed by atoms with Crippen molar-refractivity contribution in [1.29, 1.82) is 0 Å². The molecule has 0 spiro atoms. The maximum atomic E-state index is 12.8. The van der Waals surface area contributed by atoms with Crippen LogP contribution in [0.15, 0.2) is 48.9 Å². The number of nitrogens with zero attached hydrogens (tertiary/aromatic N) is 4. The van der Waals surface area contributed by atoms with Crippen molar-refractivity contribution < 1.29 is 14.3 Å². The summed E-state index contributed by atoms with van der Waals surface area (Å²) in [5, 5.41) is 4.77. The van der Waals surface area contributed by atoms with Crippen molar-refractivity contribution in [3.8, 4) is 17.1 Å². The smallest absolute Gasteiger partial charge is 0.410 e. The highest BCUT2D eigenvalue weighted by Gasteiger charge is 2.29. The van der Waals surface area contributed by atoms with Gasteiger partial charge in [-0.25, -0.2) is 14.8 Å². The number of hydrogen-bond donors (Lipinski definition) is 2. The van der Waals surface area contributed by atoms with Crippen LogP contribution < -0.4 is 10.1 Å². The number of anilines is 1. The molecule has 4 heterocycles. The summed E-state index contributed by atoms with van der Waals surface area (Å²) < 4.78 is 11.0. The fourth-order valence-corrected chi connectivity index (χ4v) is 4.49. The Labute approximate surface area is 216 Å². The van der Waals surface area contributed by atoms with Gasteiger partial charge in [-0.3, -0.25) is 4.98 Å². The van der Waals surface area contributed by atoms with Gasteiger partial charge in [0.1, 0.15) is 17.2 Å². The number of amides is 1. The first kappa shape index (κ1) is 24.5. The molecule has 0 saturated carbocycles. The lowest BCUT2D eigenvalue weighted by molar-refractivity contribution is 0.0221.